The molecule has 2 atom stereocenters. The molecular formula is C14H27NOS. The van der Waals surface area contributed by atoms with Crippen molar-refractivity contribution in [2.45, 2.75) is 68.3 Å². The molecule has 0 aromatic heterocycles. The van der Waals surface area contributed by atoms with Crippen molar-refractivity contribution < 1.29 is 4.74 Å². The highest BCUT2D eigenvalue weighted by molar-refractivity contribution is 8.00. The molecule has 0 amide bonds. The molecule has 2 aliphatic rings. The van der Waals surface area contributed by atoms with Crippen LogP contribution in [0.15, 0.2) is 0 Å². The Morgan fingerprint density at radius 1 is 1.24 bits per heavy atom. The molecule has 0 bridgehead atoms. The molecule has 3 heteroatoms. The molecule has 2 fully saturated rings. The molecule has 0 saturated heterocycles. The Morgan fingerprint density at radius 2 is 2.00 bits per heavy atom. The van der Waals surface area contributed by atoms with Crippen LogP contribution in [0.4, 0.5) is 0 Å². The van der Waals surface area contributed by atoms with Crippen molar-refractivity contribution >= 4 is 11.8 Å². The lowest BCUT2D eigenvalue weighted by Crippen LogP contribution is -2.43. The van der Waals surface area contributed by atoms with E-state index in [0.29, 0.717) is 16.9 Å². The summed E-state index contributed by atoms with van der Waals surface area (Å²) in [5, 5.41) is 3.82. The number of nitrogens with one attached hydrogen (secondary N) is 1. The van der Waals surface area contributed by atoms with Crippen molar-refractivity contribution in [3.05, 3.63) is 0 Å². The van der Waals surface area contributed by atoms with Gasteiger partial charge in [-0.05, 0) is 44.8 Å². The van der Waals surface area contributed by atoms with Gasteiger partial charge in [0.15, 0.2) is 0 Å². The number of hydrogen-bond acceptors (Lipinski definition) is 3. The van der Waals surface area contributed by atoms with Gasteiger partial charge in [0.25, 0.3) is 0 Å². The lowest BCUT2D eigenvalue weighted by Gasteiger charge is -2.33. The van der Waals surface area contributed by atoms with Crippen LogP contribution in [0.3, 0.4) is 0 Å². The summed E-state index contributed by atoms with van der Waals surface area (Å²) in [6.07, 6.45) is 13.6. The average Bonchev–Trinajstić information content (AvgIpc) is 2.86. The maximum atomic E-state index is 5.50. The van der Waals surface area contributed by atoms with E-state index in [2.05, 4.69) is 23.3 Å². The third-order valence-electron chi connectivity index (χ3n) is 4.62. The molecular weight excluding hydrogens is 230 g/mol. The summed E-state index contributed by atoms with van der Waals surface area (Å²) < 4.78 is 6.04. The minimum atomic E-state index is 0.495. The van der Waals surface area contributed by atoms with Crippen LogP contribution in [0.1, 0.15) is 51.4 Å². The van der Waals surface area contributed by atoms with Crippen LogP contribution in [0.5, 0.6) is 0 Å². The quantitative estimate of drug-likeness (QED) is 0.817. The first kappa shape index (κ1) is 13.7. The highest BCUT2D eigenvalue weighted by Crippen LogP contribution is 2.39. The van der Waals surface area contributed by atoms with E-state index in [4.69, 9.17) is 4.74 Å². The maximum Gasteiger partial charge on any atom is 0.0586 e. The van der Waals surface area contributed by atoms with Gasteiger partial charge in [-0.3, -0.25) is 0 Å². The Hall–Kier alpha value is 0.270. The van der Waals surface area contributed by atoms with Gasteiger partial charge >= 0.3 is 0 Å². The van der Waals surface area contributed by atoms with Gasteiger partial charge in [-0.25, -0.2) is 0 Å². The molecule has 2 unspecified atom stereocenters. The molecule has 0 aromatic rings. The lowest BCUT2D eigenvalue weighted by molar-refractivity contribution is 0.0585. The van der Waals surface area contributed by atoms with E-state index in [1.165, 1.54) is 57.9 Å². The third-order valence-corrected chi connectivity index (χ3v) is 6.04. The van der Waals surface area contributed by atoms with E-state index < -0.39 is 0 Å². The number of methoxy groups -OCH3 is 1. The molecule has 2 rings (SSSR count). The van der Waals surface area contributed by atoms with Crippen molar-refractivity contribution in [1.82, 2.24) is 5.32 Å². The topological polar surface area (TPSA) is 21.3 Å². The monoisotopic (exact) mass is 257 g/mol. The van der Waals surface area contributed by atoms with Crippen molar-refractivity contribution in [3.8, 4) is 0 Å². The first-order valence-electron chi connectivity index (χ1n) is 7.09. The zero-order valence-corrected chi connectivity index (χ0v) is 12.2. The van der Waals surface area contributed by atoms with Crippen LogP contribution < -0.4 is 5.32 Å². The summed E-state index contributed by atoms with van der Waals surface area (Å²) >= 11 is 2.08. The largest absolute Gasteiger partial charge is 0.381 e. The second kappa shape index (κ2) is 6.44. The van der Waals surface area contributed by atoms with Crippen molar-refractivity contribution in [2.75, 3.05) is 19.9 Å². The molecule has 1 N–H and O–H groups in total. The summed E-state index contributed by atoms with van der Waals surface area (Å²) in [6.45, 7) is 1.20. The third kappa shape index (κ3) is 3.62. The van der Waals surface area contributed by atoms with Crippen molar-refractivity contribution in [2.24, 2.45) is 0 Å². The molecule has 0 aliphatic heterocycles. The van der Waals surface area contributed by atoms with Crippen LogP contribution in [-0.2, 0) is 4.74 Å². The highest BCUT2D eigenvalue weighted by atomic mass is 32.2. The van der Waals surface area contributed by atoms with Gasteiger partial charge in [0.05, 0.1) is 6.10 Å². The predicted molar refractivity (Wildman–Crippen MR) is 75.8 cm³/mol. The average molecular weight is 257 g/mol. The summed E-state index contributed by atoms with van der Waals surface area (Å²) in [5.41, 5.74) is 0. The van der Waals surface area contributed by atoms with Gasteiger partial charge in [-0.2, -0.15) is 11.8 Å². The van der Waals surface area contributed by atoms with Crippen LogP contribution >= 0.6 is 11.8 Å². The van der Waals surface area contributed by atoms with E-state index in [1.54, 1.807) is 0 Å². The minimum absolute atomic E-state index is 0.495. The fourth-order valence-electron chi connectivity index (χ4n) is 3.35. The second-order valence-corrected chi connectivity index (χ2v) is 6.97. The van der Waals surface area contributed by atoms with E-state index in [-0.39, 0.29) is 0 Å². The first-order valence-corrected chi connectivity index (χ1v) is 8.32. The fraction of sp³-hybridized carbons (Fsp3) is 1.00. The van der Waals surface area contributed by atoms with E-state index in [0.717, 1.165) is 0 Å². The smallest absolute Gasteiger partial charge is 0.0586 e. The number of rotatable bonds is 5. The zero-order valence-electron chi connectivity index (χ0n) is 11.3. The second-order valence-electron chi connectivity index (χ2n) is 5.70. The number of ether oxygens (including phenoxy) is 1. The number of hydrogen-bond donors (Lipinski definition) is 1. The Balaban J connectivity index is 1.76. The van der Waals surface area contributed by atoms with Crippen LogP contribution in [0.25, 0.3) is 0 Å². The van der Waals surface area contributed by atoms with Gasteiger partial charge in [-0.15, -0.1) is 0 Å². The van der Waals surface area contributed by atoms with Crippen molar-refractivity contribution in [1.29, 1.82) is 0 Å². The van der Waals surface area contributed by atoms with Gasteiger partial charge in [-0.1, -0.05) is 12.8 Å². The lowest BCUT2D eigenvalue weighted by atomic mass is 9.92. The summed E-state index contributed by atoms with van der Waals surface area (Å²) in [6, 6.07) is 0.693. The molecule has 0 radical (unpaired) electrons. The van der Waals surface area contributed by atoms with Gasteiger partial charge < -0.3 is 10.1 Å². The molecule has 2 saturated carbocycles. The summed E-state index contributed by atoms with van der Waals surface area (Å²) in [5.74, 6) is 0. The van der Waals surface area contributed by atoms with E-state index >= 15 is 0 Å². The van der Waals surface area contributed by atoms with Crippen LogP contribution in [0.2, 0.25) is 0 Å². The Kier molecular flexibility index (Phi) is 5.19. The van der Waals surface area contributed by atoms with Gasteiger partial charge in [0.1, 0.15) is 0 Å². The van der Waals surface area contributed by atoms with E-state index in [9.17, 15) is 0 Å². The molecule has 2 nitrogen and oxygen atoms in total. The Bertz CT molecular complexity index is 228. The van der Waals surface area contributed by atoms with E-state index in [1.807, 2.05) is 7.11 Å². The normalized spacial score (nSPS) is 32.8. The molecule has 0 aromatic carbocycles. The maximum absolute atomic E-state index is 5.50. The highest BCUT2D eigenvalue weighted by Gasteiger charge is 2.33. The van der Waals surface area contributed by atoms with Gasteiger partial charge in [0.2, 0.25) is 0 Å². The Morgan fingerprint density at radius 3 is 2.65 bits per heavy atom. The fourth-order valence-corrected chi connectivity index (χ4v) is 4.27. The van der Waals surface area contributed by atoms with Gasteiger partial charge in [0, 0.05) is 24.4 Å². The van der Waals surface area contributed by atoms with Crippen molar-refractivity contribution in [3.63, 3.8) is 0 Å². The Labute approximate surface area is 110 Å². The zero-order chi connectivity index (χ0) is 12.1. The molecule has 0 heterocycles. The SMILES string of the molecule is COC1CCCC(NCC2(SC)CCCC2)C1. The van der Waals surface area contributed by atoms with Crippen LogP contribution in [-0.4, -0.2) is 36.8 Å². The first-order chi connectivity index (χ1) is 8.28. The number of thioether (sulfide) groups is 1. The summed E-state index contributed by atoms with van der Waals surface area (Å²) in [4.78, 5) is 0. The molecule has 0 spiro atoms. The van der Waals surface area contributed by atoms with Crippen LogP contribution in [0, 0.1) is 0 Å². The predicted octanol–water partition coefficient (Wildman–Crippen LogP) is 3.21. The molecule has 2 aliphatic carbocycles. The molecule has 17 heavy (non-hydrogen) atoms. The minimum Gasteiger partial charge on any atom is -0.381 e. The molecule has 100 valence electrons. The summed E-state index contributed by atoms with van der Waals surface area (Å²) in [7, 11) is 1.85. The standard InChI is InChI=1S/C14H27NOS/c1-16-13-7-5-6-12(10-13)15-11-14(17-2)8-3-4-9-14/h12-13,15H,3-11H2,1-2H3.